The predicted molar refractivity (Wildman–Crippen MR) is 105 cm³/mol. The van der Waals surface area contributed by atoms with Crippen molar-refractivity contribution < 1.29 is 27.4 Å². The first-order valence-electron chi connectivity index (χ1n) is 9.94. The zero-order valence-electron chi connectivity index (χ0n) is 16.9. The lowest BCUT2D eigenvalue weighted by molar-refractivity contribution is -0.142. The van der Waals surface area contributed by atoms with E-state index in [1.165, 1.54) is 6.07 Å². The summed E-state index contributed by atoms with van der Waals surface area (Å²) < 4.78 is 51.1. The number of aromatic nitrogens is 4. The highest BCUT2D eigenvalue weighted by Crippen LogP contribution is 2.28. The number of ether oxygens (including phenoxy) is 2. The van der Waals surface area contributed by atoms with Crippen LogP contribution in [0.1, 0.15) is 29.5 Å². The van der Waals surface area contributed by atoms with E-state index in [-0.39, 0.29) is 5.69 Å². The molecule has 166 valence electrons. The summed E-state index contributed by atoms with van der Waals surface area (Å²) in [6.45, 7) is 2.40. The maximum absolute atomic E-state index is 12.6. The maximum Gasteiger partial charge on any atom is 0.408 e. The first kappa shape index (κ1) is 21.2. The van der Waals surface area contributed by atoms with E-state index in [2.05, 4.69) is 15.4 Å². The topological polar surface area (TPSA) is 82.7 Å². The lowest BCUT2D eigenvalue weighted by Gasteiger charge is -2.11. The van der Waals surface area contributed by atoms with Crippen molar-refractivity contribution in [3.05, 3.63) is 42.1 Å². The number of nitrogens with zero attached hydrogens (tertiary/aromatic N) is 4. The van der Waals surface area contributed by atoms with E-state index in [0.29, 0.717) is 34.3 Å². The minimum Gasteiger partial charge on any atom is -0.491 e. The minimum atomic E-state index is -4.42. The third-order valence-electron chi connectivity index (χ3n) is 4.89. The van der Waals surface area contributed by atoms with Crippen LogP contribution in [0.2, 0.25) is 0 Å². The Kier molecular flexibility index (Phi) is 5.86. The molecule has 0 radical (unpaired) electrons. The van der Waals surface area contributed by atoms with Gasteiger partial charge in [0.05, 0.1) is 12.3 Å². The highest BCUT2D eigenvalue weighted by molar-refractivity contribution is 6.03. The number of halogens is 3. The van der Waals surface area contributed by atoms with E-state index in [0.717, 1.165) is 37.9 Å². The lowest BCUT2D eigenvalue weighted by Crippen LogP contribution is -2.19. The molecule has 1 saturated heterocycles. The van der Waals surface area contributed by atoms with Crippen LogP contribution in [0.3, 0.4) is 0 Å². The molecule has 3 aromatic heterocycles. The summed E-state index contributed by atoms with van der Waals surface area (Å²) in [4.78, 5) is 17.2. The van der Waals surface area contributed by atoms with Crippen molar-refractivity contribution in [3.63, 3.8) is 0 Å². The zero-order valence-corrected chi connectivity index (χ0v) is 16.9. The number of carbonyl (C=O) groups excluding carboxylic acids is 1. The van der Waals surface area contributed by atoms with Crippen LogP contribution in [-0.4, -0.2) is 51.1 Å². The second-order valence-corrected chi connectivity index (χ2v) is 7.38. The fourth-order valence-electron chi connectivity index (χ4n) is 3.52. The van der Waals surface area contributed by atoms with Gasteiger partial charge in [-0.3, -0.25) is 9.48 Å². The molecule has 3 aromatic rings. The van der Waals surface area contributed by atoms with Gasteiger partial charge >= 0.3 is 6.18 Å². The van der Waals surface area contributed by atoms with Crippen LogP contribution >= 0.6 is 0 Å². The van der Waals surface area contributed by atoms with Gasteiger partial charge in [-0.15, -0.1) is 0 Å². The number of imidazole rings is 1. The summed E-state index contributed by atoms with van der Waals surface area (Å²) in [7, 11) is 0. The number of hydrogen-bond acceptors (Lipinski definition) is 5. The quantitative estimate of drug-likeness (QED) is 0.613. The summed E-state index contributed by atoms with van der Waals surface area (Å²) in [5, 5.41) is 6.38. The second-order valence-electron chi connectivity index (χ2n) is 7.38. The third kappa shape index (κ3) is 5.16. The van der Waals surface area contributed by atoms with Crippen LogP contribution in [0.5, 0.6) is 5.75 Å². The smallest absolute Gasteiger partial charge is 0.408 e. The van der Waals surface area contributed by atoms with Crippen molar-refractivity contribution in [2.75, 3.05) is 25.1 Å². The second kappa shape index (κ2) is 8.58. The van der Waals surface area contributed by atoms with Gasteiger partial charge in [0.2, 0.25) is 0 Å². The molecule has 8 nitrogen and oxygen atoms in total. The number of fused-ring (bicyclic) bond motifs is 1. The van der Waals surface area contributed by atoms with Crippen molar-refractivity contribution in [3.8, 4) is 5.75 Å². The van der Waals surface area contributed by atoms with Gasteiger partial charge in [-0.2, -0.15) is 18.3 Å². The first-order chi connectivity index (χ1) is 14.8. The lowest BCUT2D eigenvalue weighted by atomic mass is 10.0. The highest BCUT2D eigenvalue weighted by atomic mass is 19.4. The molecule has 0 spiro atoms. The molecule has 4 rings (SSSR count). The third-order valence-corrected chi connectivity index (χ3v) is 4.89. The van der Waals surface area contributed by atoms with E-state index in [9.17, 15) is 18.0 Å². The SMILES string of the molecule is CCOc1cc2nc(CC3CCOC3)cn2cc1NC(=O)c1ccn(CC(F)(F)F)n1. The summed E-state index contributed by atoms with van der Waals surface area (Å²) in [5.41, 5.74) is 1.83. The van der Waals surface area contributed by atoms with Crippen LogP contribution in [-0.2, 0) is 17.7 Å². The Morgan fingerprint density at radius 1 is 1.39 bits per heavy atom. The van der Waals surface area contributed by atoms with E-state index < -0.39 is 18.6 Å². The molecule has 1 unspecified atom stereocenters. The molecule has 0 aromatic carbocycles. The summed E-state index contributed by atoms with van der Waals surface area (Å²) in [6.07, 6.45) is 2.05. The highest BCUT2D eigenvalue weighted by Gasteiger charge is 2.28. The summed E-state index contributed by atoms with van der Waals surface area (Å²) >= 11 is 0. The van der Waals surface area contributed by atoms with E-state index >= 15 is 0 Å². The Bertz CT molecular complexity index is 1070. The fraction of sp³-hybridized carbons (Fsp3) is 0.450. The molecular formula is C20H22F3N5O3. The molecule has 1 fully saturated rings. The predicted octanol–water partition coefficient (Wildman–Crippen LogP) is 3.32. The molecule has 4 heterocycles. The fourth-order valence-corrected chi connectivity index (χ4v) is 3.52. The normalized spacial score (nSPS) is 16.7. The molecule has 1 amide bonds. The molecular weight excluding hydrogens is 415 g/mol. The van der Waals surface area contributed by atoms with Crippen LogP contribution in [0.15, 0.2) is 30.7 Å². The van der Waals surface area contributed by atoms with Crippen molar-refractivity contribution >= 4 is 17.2 Å². The average Bonchev–Trinajstić information content (AvgIpc) is 3.42. The van der Waals surface area contributed by atoms with Crippen molar-refractivity contribution in [1.29, 1.82) is 0 Å². The number of rotatable bonds is 7. The van der Waals surface area contributed by atoms with Gasteiger partial charge in [0.1, 0.15) is 23.6 Å². The van der Waals surface area contributed by atoms with Crippen molar-refractivity contribution in [1.82, 2.24) is 19.2 Å². The Morgan fingerprint density at radius 2 is 2.23 bits per heavy atom. The van der Waals surface area contributed by atoms with Crippen LogP contribution in [0.4, 0.5) is 18.9 Å². The Hall–Kier alpha value is -3.08. The number of amides is 1. The standard InChI is InChI=1S/C20H22F3N5O3/c1-2-31-17-8-18-24-14(7-13-4-6-30-11-13)9-27(18)10-16(17)25-19(29)15-3-5-28(26-15)12-20(21,22)23/h3,5,8-10,13H,2,4,6-7,11-12H2,1H3,(H,25,29). The van der Waals surface area contributed by atoms with E-state index in [1.54, 1.807) is 16.7 Å². The van der Waals surface area contributed by atoms with E-state index in [4.69, 9.17) is 9.47 Å². The van der Waals surface area contributed by atoms with Gasteiger partial charge in [-0.25, -0.2) is 4.98 Å². The maximum atomic E-state index is 12.6. The molecule has 31 heavy (non-hydrogen) atoms. The first-order valence-corrected chi connectivity index (χ1v) is 9.94. The summed E-state index contributed by atoms with van der Waals surface area (Å²) in [5.74, 6) is 0.214. The molecule has 0 saturated carbocycles. The average molecular weight is 437 g/mol. The Morgan fingerprint density at radius 3 is 2.94 bits per heavy atom. The Labute approximate surface area is 176 Å². The number of carbonyl (C=O) groups is 1. The molecule has 1 N–H and O–H groups in total. The largest absolute Gasteiger partial charge is 0.491 e. The number of anilines is 1. The van der Waals surface area contributed by atoms with Gasteiger partial charge in [0.25, 0.3) is 5.91 Å². The number of alkyl halides is 3. The van der Waals surface area contributed by atoms with Crippen molar-refractivity contribution in [2.45, 2.75) is 32.5 Å². The van der Waals surface area contributed by atoms with Crippen molar-refractivity contribution in [2.24, 2.45) is 5.92 Å². The molecule has 1 aliphatic heterocycles. The van der Waals surface area contributed by atoms with Crippen LogP contribution < -0.4 is 10.1 Å². The number of pyridine rings is 1. The van der Waals surface area contributed by atoms with Gasteiger partial charge in [-0.05, 0) is 31.7 Å². The van der Waals surface area contributed by atoms with Gasteiger partial charge in [0, 0.05) is 37.9 Å². The van der Waals surface area contributed by atoms with Gasteiger partial charge < -0.3 is 19.2 Å². The van der Waals surface area contributed by atoms with Gasteiger partial charge in [0.15, 0.2) is 5.69 Å². The van der Waals surface area contributed by atoms with Gasteiger partial charge in [-0.1, -0.05) is 0 Å². The monoisotopic (exact) mass is 437 g/mol. The zero-order chi connectivity index (χ0) is 22.0. The molecule has 0 aliphatic carbocycles. The van der Waals surface area contributed by atoms with Crippen LogP contribution in [0.25, 0.3) is 5.65 Å². The minimum absolute atomic E-state index is 0.126. The number of hydrogen-bond donors (Lipinski definition) is 1. The number of nitrogens with one attached hydrogen (secondary N) is 1. The Balaban J connectivity index is 1.55. The molecule has 1 aliphatic rings. The van der Waals surface area contributed by atoms with Crippen LogP contribution in [0, 0.1) is 5.92 Å². The molecule has 1 atom stereocenters. The van der Waals surface area contributed by atoms with E-state index in [1.807, 2.05) is 13.1 Å². The molecule has 0 bridgehead atoms. The summed E-state index contributed by atoms with van der Waals surface area (Å²) in [6, 6.07) is 2.95. The molecule has 11 heteroatoms.